The lowest BCUT2D eigenvalue weighted by atomic mass is 10.2. The van der Waals surface area contributed by atoms with Crippen molar-refractivity contribution in [2.45, 2.75) is 26.9 Å². The molecule has 19 heavy (non-hydrogen) atoms. The van der Waals surface area contributed by atoms with Crippen molar-refractivity contribution < 1.29 is 4.79 Å². The van der Waals surface area contributed by atoms with Crippen molar-refractivity contribution in [3.05, 3.63) is 35.5 Å². The number of amides is 1. The minimum Gasteiger partial charge on any atom is -0.384 e. The molecule has 3 N–H and O–H groups in total. The standard InChI is InChI=1S/C12H16N6O/c1-3-18-7-15-17-11(18)6-14-12(19)9-4-8(2)16-10(13)5-9/h4-5,7H,3,6H2,1-2H3,(H2,13,16)(H,14,19). The van der Waals surface area contributed by atoms with E-state index in [4.69, 9.17) is 5.73 Å². The molecule has 7 heteroatoms. The fraction of sp³-hybridized carbons (Fsp3) is 0.333. The minimum atomic E-state index is -0.206. The molecule has 0 bridgehead atoms. The SMILES string of the molecule is CCn1cnnc1CNC(=O)c1cc(C)nc(N)c1. The molecule has 0 saturated carbocycles. The van der Waals surface area contributed by atoms with E-state index in [0.29, 0.717) is 23.6 Å². The van der Waals surface area contributed by atoms with Crippen LogP contribution in [-0.2, 0) is 13.1 Å². The lowest BCUT2D eigenvalue weighted by Crippen LogP contribution is -2.25. The molecule has 100 valence electrons. The molecule has 2 aromatic heterocycles. The Bertz CT molecular complexity index is 571. The quantitative estimate of drug-likeness (QED) is 0.834. The van der Waals surface area contributed by atoms with Gasteiger partial charge in [0, 0.05) is 17.8 Å². The van der Waals surface area contributed by atoms with Gasteiger partial charge in [-0.05, 0) is 26.0 Å². The number of aryl methyl sites for hydroxylation is 2. The molecule has 0 aromatic carbocycles. The van der Waals surface area contributed by atoms with Crippen LogP contribution in [0.5, 0.6) is 0 Å². The summed E-state index contributed by atoms with van der Waals surface area (Å²) in [5, 5.41) is 10.5. The predicted octanol–water partition coefficient (Wildman–Crippen LogP) is 0.514. The number of anilines is 1. The van der Waals surface area contributed by atoms with Crippen molar-refractivity contribution in [1.82, 2.24) is 25.1 Å². The fourth-order valence-corrected chi connectivity index (χ4v) is 1.77. The molecule has 0 unspecified atom stereocenters. The number of aromatic nitrogens is 4. The molecular formula is C12H16N6O. The summed E-state index contributed by atoms with van der Waals surface area (Å²) in [6.45, 7) is 4.87. The van der Waals surface area contributed by atoms with E-state index in [2.05, 4.69) is 20.5 Å². The molecule has 0 radical (unpaired) electrons. The molecule has 0 aliphatic carbocycles. The van der Waals surface area contributed by atoms with Crippen LogP contribution in [0.4, 0.5) is 5.82 Å². The Morgan fingerprint density at radius 2 is 2.26 bits per heavy atom. The van der Waals surface area contributed by atoms with Crippen LogP contribution < -0.4 is 11.1 Å². The molecule has 0 atom stereocenters. The van der Waals surface area contributed by atoms with Gasteiger partial charge in [-0.3, -0.25) is 4.79 Å². The summed E-state index contributed by atoms with van der Waals surface area (Å²) in [6, 6.07) is 3.24. The van der Waals surface area contributed by atoms with Gasteiger partial charge >= 0.3 is 0 Å². The summed E-state index contributed by atoms with van der Waals surface area (Å²) in [5.74, 6) is 0.847. The number of nitrogen functional groups attached to an aromatic ring is 1. The molecule has 7 nitrogen and oxygen atoms in total. The van der Waals surface area contributed by atoms with Crippen LogP contribution in [0.1, 0.15) is 28.8 Å². The average Bonchev–Trinajstić information content (AvgIpc) is 2.82. The highest BCUT2D eigenvalue weighted by Crippen LogP contribution is 2.07. The number of nitrogens with two attached hydrogens (primary N) is 1. The van der Waals surface area contributed by atoms with Gasteiger partial charge in [0.15, 0.2) is 5.82 Å². The van der Waals surface area contributed by atoms with Crippen LogP contribution in [0, 0.1) is 6.92 Å². The van der Waals surface area contributed by atoms with E-state index < -0.39 is 0 Å². The van der Waals surface area contributed by atoms with Gasteiger partial charge in [-0.25, -0.2) is 4.98 Å². The number of hydrogen-bond acceptors (Lipinski definition) is 5. The average molecular weight is 260 g/mol. The van der Waals surface area contributed by atoms with Gasteiger partial charge in [0.2, 0.25) is 0 Å². The van der Waals surface area contributed by atoms with Gasteiger partial charge in [-0.15, -0.1) is 10.2 Å². The Balaban J connectivity index is 2.05. The number of carbonyl (C=O) groups is 1. The molecule has 0 spiro atoms. The topological polar surface area (TPSA) is 98.7 Å². The highest BCUT2D eigenvalue weighted by Gasteiger charge is 2.09. The summed E-state index contributed by atoms with van der Waals surface area (Å²) < 4.78 is 1.87. The zero-order valence-corrected chi connectivity index (χ0v) is 10.9. The second-order valence-electron chi connectivity index (χ2n) is 4.14. The molecule has 2 aromatic rings. The van der Waals surface area contributed by atoms with Crippen LogP contribution in [0.2, 0.25) is 0 Å². The number of nitrogens with zero attached hydrogens (tertiary/aromatic N) is 4. The van der Waals surface area contributed by atoms with Crippen LogP contribution in [0.3, 0.4) is 0 Å². The second kappa shape index (κ2) is 5.47. The van der Waals surface area contributed by atoms with E-state index in [1.807, 2.05) is 11.5 Å². The van der Waals surface area contributed by atoms with Crippen LogP contribution >= 0.6 is 0 Å². The maximum absolute atomic E-state index is 12.0. The third kappa shape index (κ3) is 3.06. The van der Waals surface area contributed by atoms with Crippen molar-refractivity contribution in [2.75, 3.05) is 5.73 Å². The molecule has 1 amide bonds. The molecular weight excluding hydrogens is 244 g/mol. The minimum absolute atomic E-state index is 0.206. The first-order valence-corrected chi connectivity index (χ1v) is 5.99. The Kier molecular flexibility index (Phi) is 3.74. The molecule has 0 aliphatic rings. The van der Waals surface area contributed by atoms with Gasteiger partial charge in [0.05, 0.1) is 6.54 Å². The van der Waals surface area contributed by atoms with Crippen LogP contribution in [0.15, 0.2) is 18.5 Å². The summed E-state index contributed by atoms with van der Waals surface area (Å²) in [7, 11) is 0. The Labute approximate surface area is 110 Å². The molecule has 2 rings (SSSR count). The van der Waals surface area contributed by atoms with E-state index in [0.717, 1.165) is 12.4 Å². The lowest BCUT2D eigenvalue weighted by Gasteiger charge is -2.07. The summed E-state index contributed by atoms with van der Waals surface area (Å²) in [4.78, 5) is 16.0. The number of hydrogen-bond donors (Lipinski definition) is 2. The highest BCUT2D eigenvalue weighted by atomic mass is 16.1. The summed E-state index contributed by atoms with van der Waals surface area (Å²) in [6.07, 6.45) is 1.63. The third-order valence-electron chi connectivity index (χ3n) is 2.68. The zero-order chi connectivity index (χ0) is 13.8. The van der Waals surface area contributed by atoms with Gasteiger partial charge < -0.3 is 15.6 Å². The highest BCUT2D eigenvalue weighted by molar-refractivity contribution is 5.94. The van der Waals surface area contributed by atoms with E-state index >= 15 is 0 Å². The van der Waals surface area contributed by atoms with Gasteiger partial charge in [-0.2, -0.15) is 0 Å². The fourth-order valence-electron chi connectivity index (χ4n) is 1.77. The van der Waals surface area contributed by atoms with Gasteiger partial charge in [0.25, 0.3) is 5.91 Å². The van der Waals surface area contributed by atoms with E-state index in [-0.39, 0.29) is 5.91 Å². The second-order valence-corrected chi connectivity index (χ2v) is 4.14. The first kappa shape index (κ1) is 13.0. The Morgan fingerprint density at radius 3 is 2.95 bits per heavy atom. The zero-order valence-electron chi connectivity index (χ0n) is 10.9. The smallest absolute Gasteiger partial charge is 0.251 e. The van der Waals surface area contributed by atoms with Crippen molar-refractivity contribution in [3.63, 3.8) is 0 Å². The van der Waals surface area contributed by atoms with Crippen LogP contribution in [-0.4, -0.2) is 25.7 Å². The molecule has 0 fully saturated rings. The summed E-state index contributed by atoms with van der Waals surface area (Å²) in [5.41, 5.74) is 6.82. The van der Waals surface area contributed by atoms with E-state index in [9.17, 15) is 4.79 Å². The predicted molar refractivity (Wildman–Crippen MR) is 70.3 cm³/mol. The first-order chi connectivity index (χ1) is 9.10. The van der Waals surface area contributed by atoms with Crippen molar-refractivity contribution in [2.24, 2.45) is 0 Å². The van der Waals surface area contributed by atoms with Crippen molar-refractivity contribution in [1.29, 1.82) is 0 Å². The number of carbonyl (C=O) groups excluding carboxylic acids is 1. The van der Waals surface area contributed by atoms with Crippen molar-refractivity contribution >= 4 is 11.7 Å². The van der Waals surface area contributed by atoms with E-state index in [1.165, 1.54) is 0 Å². The number of nitrogens with one attached hydrogen (secondary N) is 1. The molecule has 2 heterocycles. The Hall–Kier alpha value is -2.44. The number of pyridine rings is 1. The van der Waals surface area contributed by atoms with Crippen molar-refractivity contribution in [3.8, 4) is 0 Å². The maximum atomic E-state index is 12.0. The largest absolute Gasteiger partial charge is 0.384 e. The third-order valence-corrected chi connectivity index (χ3v) is 2.68. The first-order valence-electron chi connectivity index (χ1n) is 5.99. The van der Waals surface area contributed by atoms with Gasteiger partial charge in [0.1, 0.15) is 12.1 Å². The van der Waals surface area contributed by atoms with Gasteiger partial charge in [-0.1, -0.05) is 0 Å². The molecule has 0 saturated heterocycles. The lowest BCUT2D eigenvalue weighted by molar-refractivity contribution is 0.0949. The monoisotopic (exact) mass is 260 g/mol. The van der Waals surface area contributed by atoms with Crippen LogP contribution in [0.25, 0.3) is 0 Å². The Morgan fingerprint density at radius 1 is 1.47 bits per heavy atom. The summed E-state index contributed by atoms with van der Waals surface area (Å²) >= 11 is 0. The molecule has 0 aliphatic heterocycles. The normalized spacial score (nSPS) is 10.4. The van der Waals surface area contributed by atoms with E-state index in [1.54, 1.807) is 25.4 Å². The maximum Gasteiger partial charge on any atom is 0.251 e. The number of rotatable bonds is 4.